The van der Waals surface area contributed by atoms with Crippen molar-refractivity contribution >= 4 is 23.5 Å². The van der Waals surface area contributed by atoms with Gasteiger partial charge in [-0.3, -0.25) is 19.2 Å². The first-order chi connectivity index (χ1) is 17.7. The van der Waals surface area contributed by atoms with Crippen LogP contribution in [0.25, 0.3) is 0 Å². The third kappa shape index (κ3) is 3.18. The molecule has 8 heteroatoms. The fourth-order valence-electron chi connectivity index (χ4n) is 9.28. The molecule has 0 spiro atoms. The van der Waals surface area contributed by atoms with Gasteiger partial charge in [0.2, 0.25) is 0 Å². The summed E-state index contributed by atoms with van der Waals surface area (Å²) in [6.45, 7) is 9.20. The molecule has 0 radical (unpaired) electrons. The quantitative estimate of drug-likeness (QED) is 0.349. The van der Waals surface area contributed by atoms with Gasteiger partial charge in [0.15, 0.2) is 11.6 Å². The van der Waals surface area contributed by atoms with Crippen molar-refractivity contribution in [2.24, 2.45) is 39.4 Å². The maximum atomic E-state index is 14.5. The molecule has 4 fully saturated rings. The maximum Gasteiger partial charge on any atom is 0.306 e. The Morgan fingerprint density at radius 2 is 1.87 bits per heavy atom. The first kappa shape index (κ1) is 26.9. The number of esters is 2. The molecule has 0 aromatic carbocycles. The first-order valence-corrected chi connectivity index (χ1v) is 13.5. The monoisotopic (exact) mass is 526 g/mol. The highest BCUT2D eigenvalue weighted by Crippen LogP contribution is 2.72. The molecule has 1 saturated heterocycles. The van der Waals surface area contributed by atoms with E-state index in [-0.39, 0.29) is 30.8 Å². The summed E-state index contributed by atoms with van der Waals surface area (Å²) in [6.07, 6.45) is 6.63. The van der Waals surface area contributed by atoms with Crippen molar-refractivity contribution in [3.63, 3.8) is 0 Å². The molecule has 1 aromatic rings. The van der Waals surface area contributed by atoms with Crippen LogP contribution in [0.3, 0.4) is 0 Å². The Kier molecular flexibility index (Phi) is 5.92. The number of carbonyl (C=O) groups is 4. The minimum absolute atomic E-state index is 0.0205. The van der Waals surface area contributed by atoms with Crippen molar-refractivity contribution < 1.29 is 38.2 Å². The predicted octanol–water partition coefficient (Wildman–Crippen LogP) is 4.36. The summed E-state index contributed by atoms with van der Waals surface area (Å²) >= 11 is 0. The molecule has 2 bridgehead atoms. The maximum absolute atomic E-state index is 14.5. The molecule has 8 unspecified atom stereocenters. The second kappa shape index (κ2) is 8.38. The highest BCUT2D eigenvalue weighted by molar-refractivity contribution is 6.16. The van der Waals surface area contributed by atoms with Gasteiger partial charge in [0, 0.05) is 33.6 Å². The van der Waals surface area contributed by atoms with Crippen LogP contribution in [-0.2, 0) is 28.7 Å². The Hall–Kier alpha value is -2.74. The van der Waals surface area contributed by atoms with E-state index in [0.29, 0.717) is 12.8 Å². The number of fused-ring (bicyclic) bond motifs is 6. The Morgan fingerprint density at radius 3 is 2.47 bits per heavy atom. The summed E-state index contributed by atoms with van der Waals surface area (Å²) < 4.78 is 16.2. The van der Waals surface area contributed by atoms with Crippen LogP contribution in [0.1, 0.15) is 78.4 Å². The fourth-order valence-corrected chi connectivity index (χ4v) is 9.28. The van der Waals surface area contributed by atoms with Crippen molar-refractivity contribution in [1.29, 1.82) is 0 Å². The van der Waals surface area contributed by atoms with Gasteiger partial charge in [-0.1, -0.05) is 39.8 Å². The SMILES string of the molecule is C/C=C/C12CC3(O)C4CC(=O)OC(c5ccoc5)C4(C)CCC3C(C)(C1=O)C(CC(=O)OC)C(C)(C)C2=O. The lowest BCUT2D eigenvalue weighted by Crippen LogP contribution is -2.77. The van der Waals surface area contributed by atoms with Gasteiger partial charge in [0.1, 0.15) is 11.5 Å². The number of Topliss-reactive ketones (excluding diaryl/α,β-unsaturated/α-hetero) is 2. The first-order valence-electron chi connectivity index (χ1n) is 13.5. The van der Waals surface area contributed by atoms with Crippen LogP contribution in [0, 0.1) is 39.4 Å². The predicted molar refractivity (Wildman–Crippen MR) is 135 cm³/mol. The van der Waals surface area contributed by atoms with Gasteiger partial charge >= 0.3 is 11.9 Å². The van der Waals surface area contributed by atoms with Crippen molar-refractivity contribution in [2.75, 3.05) is 7.11 Å². The molecule has 8 atom stereocenters. The number of hydrogen-bond acceptors (Lipinski definition) is 8. The normalized spacial score (nSPS) is 43.8. The van der Waals surface area contributed by atoms with E-state index in [0.717, 1.165) is 5.56 Å². The van der Waals surface area contributed by atoms with Gasteiger partial charge in [-0.25, -0.2) is 0 Å². The van der Waals surface area contributed by atoms with Crippen LogP contribution in [0.4, 0.5) is 0 Å². The number of aliphatic hydroxyl groups is 1. The number of ether oxygens (including phenoxy) is 2. The molecule has 2 heterocycles. The lowest BCUT2D eigenvalue weighted by atomic mass is 9.33. The Labute approximate surface area is 223 Å². The average Bonchev–Trinajstić information content (AvgIpc) is 3.39. The number of hydrogen-bond donors (Lipinski definition) is 1. The molecule has 0 amide bonds. The number of rotatable bonds is 4. The number of cyclic esters (lactones) is 1. The highest BCUT2D eigenvalue weighted by atomic mass is 16.5. The van der Waals surface area contributed by atoms with Crippen molar-refractivity contribution in [1.82, 2.24) is 0 Å². The highest BCUT2D eigenvalue weighted by Gasteiger charge is 2.78. The molecular weight excluding hydrogens is 488 g/mol. The van der Waals surface area contributed by atoms with Crippen molar-refractivity contribution in [2.45, 2.75) is 78.4 Å². The number of furan rings is 1. The zero-order valence-electron chi connectivity index (χ0n) is 23.0. The van der Waals surface area contributed by atoms with Crippen molar-refractivity contribution in [3.05, 3.63) is 36.3 Å². The molecule has 8 nitrogen and oxygen atoms in total. The minimum Gasteiger partial charge on any atom is -0.472 e. The van der Waals surface area contributed by atoms with Crippen LogP contribution in [0.5, 0.6) is 0 Å². The van der Waals surface area contributed by atoms with Crippen LogP contribution >= 0.6 is 0 Å². The van der Waals surface area contributed by atoms with E-state index in [1.807, 2.05) is 13.8 Å². The molecule has 206 valence electrons. The molecule has 1 N–H and O–H groups in total. The number of methoxy groups -OCH3 is 1. The van der Waals surface area contributed by atoms with Crippen LogP contribution < -0.4 is 0 Å². The van der Waals surface area contributed by atoms with Crippen LogP contribution in [-0.4, -0.2) is 41.3 Å². The van der Waals surface area contributed by atoms with E-state index < -0.39 is 63.1 Å². The van der Waals surface area contributed by atoms with E-state index in [1.54, 1.807) is 45.3 Å². The van der Waals surface area contributed by atoms with Gasteiger partial charge in [-0.2, -0.15) is 0 Å². The van der Waals surface area contributed by atoms with E-state index in [2.05, 4.69) is 0 Å². The second-order valence-corrected chi connectivity index (χ2v) is 12.9. The Morgan fingerprint density at radius 1 is 1.16 bits per heavy atom. The van der Waals surface area contributed by atoms with Gasteiger partial charge in [0.05, 0.1) is 38.1 Å². The molecule has 1 aliphatic heterocycles. The zero-order chi connectivity index (χ0) is 27.9. The van der Waals surface area contributed by atoms with E-state index in [4.69, 9.17) is 13.9 Å². The van der Waals surface area contributed by atoms with Gasteiger partial charge in [-0.05, 0) is 38.2 Å². The smallest absolute Gasteiger partial charge is 0.306 e. The third-order valence-electron chi connectivity index (χ3n) is 10.9. The lowest BCUT2D eigenvalue weighted by Gasteiger charge is -2.70. The zero-order valence-corrected chi connectivity index (χ0v) is 23.0. The summed E-state index contributed by atoms with van der Waals surface area (Å²) in [5.74, 6) is -3.29. The lowest BCUT2D eigenvalue weighted by molar-refractivity contribution is -0.267. The molecule has 1 aromatic heterocycles. The summed E-state index contributed by atoms with van der Waals surface area (Å²) in [5.41, 5.74) is -5.25. The molecule has 38 heavy (non-hydrogen) atoms. The number of ketones is 2. The molecule has 4 aliphatic rings. The third-order valence-corrected chi connectivity index (χ3v) is 10.9. The number of carbonyl (C=O) groups excluding carboxylic acids is 4. The second-order valence-electron chi connectivity index (χ2n) is 12.9. The topological polar surface area (TPSA) is 120 Å². The standard InChI is InChI=1S/C30H38O8/c1-7-10-29-16-30(35)18(28(5,25(29)34)19(13-21(31)36-6)26(2,3)24(29)33)8-11-27(4)20(30)14-22(32)38-23(27)17-9-12-37-15-17/h7,9-10,12,15,18-20,23,35H,8,11,13-14,16H2,1-6H3/b10-7+. The Bertz CT molecular complexity index is 1210. The average molecular weight is 527 g/mol. The minimum atomic E-state index is -1.56. The Balaban J connectivity index is 1.73. The van der Waals surface area contributed by atoms with Gasteiger partial charge in [0.25, 0.3) is 0 Å². The van der Waals surface area contributed by atoms with Crippen molar-refractivity contribution in [3.8, 4) is 0 Å². The summed E-state index contributed by atoms with van der Waals surface area (Å²) in [5, 5.41) is 12.9. The molecular formula is C30H38O8. The van der Waals surface area contributed by atoms with E-state index >= 15 is 0 Å². The summed E-state index contributed by atoms with van der Waals surface area (Å²) in [7, 11) is 1.29. The van der Waals surface area contributed by atoms with Crippen LogP contribution in [0.15, 0.2) is 35.2 Å². The summed E-state index contributed by atoms with van der Waals surface area (Å²) in [4.78, 5) is 54.5. The van der Waals surface area contributed by atoms with Gasteiger partial charge in [-0.15, -0.1) is 0 Å². The summed E-state index contributed by atoms with van der Waals surface area (Å²) in [6, 6.07) is 1.77. The van der Waals surface area contributed by atoms with Crippen LogP contribution in [0.2, 0.25) is 0 Å². The van der Waals surface area contributed by atoms with E-state index in [9.17, 15) is 24.3 Å². The molecule has 3 aliphatic carbocycles. The number of allylic oxidation sites excluding steroid dienone is 2. The van der Waals surface area contributed by atoms with E-state index in [1.165, 1.54) is 13.4 Å². The molecule has 5 rings (SSSR count). The molecule has 3 saturated carbocycles. The largest absolute Gasteiger partial charge is 0.472 e. The van der Waals surface area contributed by atoms with Gasteiger partial charge < -0.3 is 19.0 Å². The fraction of sp³-hybridized carbons (Fsp3) is 0.667.